The van der Waals surface area contributed by atoms with Gasteiger partial charge in [-0.1, -0.05) is 16.8 Å². The van der Waals surface area contributed by atoms with Gasteiger partial charge in [0.25, 0.3) is 5.91 Å². The molecular formula is C17H16ClF2N3O3. The van der Waals surface area contributed by atoms with Gasteiger partial charge in [-0.15, -0.1) is 0 Å². The summed E-state index contributed by atoms with van der Waals surface area (Å²) in [6.45, 7) is 2.34. The number of carbonyl (C=O) groups is 2. The van der Waals surface area contributed by atoms with Crippen LogP contribution in [0.5, 0.6) is 0 Å². The molecule has 0 radical (unpaired) electrons. The summed E-state index contributed by atoms with van der Waals surface area (Å²) in [6.07, 6.45) is 0.880. The van der Waals surface area contributed by atoms with Crippen molar-refractivity contribution in [2.24, 2.45) is 5.92 Å². The van der Waals surface area contributed by atoms with Crippen molar-refractivity contribution in [3.8, 4) is 0 Å². The summed E-state index contributed by atoms with van der Waals surface area (Å²) >= 11 is 5.85. The number of rotatable bonds is 3. The number of carbonyl (C=O) groups excluding carboxylic acids is 2. The maximum Gasteiger partial charge on any atom is 0.255 e. The zero-order valence-corrected chi connectivity index (χ0v) is 14.6. The molecule has 1 aromatic heterocycles. The Balaban J connectivity index is 1.60. The number of benzene rings is 1. The minimum atomic E-state index is -1.13. The zero-order chi connectivity index (χ0) is 18.8. The highest BCUT2D eigenvalue weighted by molar-refractivity contribution is 6.33. The van der Waals surface area contributed by atoms with E-state index in [1.54, 1.807) is 13.0 Å². The Morgan fingerprint density at radius 1 is 1.23 bits per heavy atom. The monoisotopic (exact) mass is 383 g/mol. The Labute approximate surface area is 153 Å². The number of nitrogens with one attached hydrogen (secondary N) is 1. The van der Waals surface area contributed by atoms with Crippen LogP contribution in [0.1, 0.15) is 29.0 Å². The minimum absolute atomic E-state index is 0.0912. The third-order valence-corrected chi connectivity index (χ3v) is 4.59. The third-order valence-electron chi connectivity index (χ3n) is 4.27. The molecule has 1 aromatic carbocycles. The lowest BCUT2D eigenvalue weighted by atomic mass is 9.95. The second-order valence-electron chi connectivity index (χ2n) is 6.12. The van der Waals surface area contributed by atoms with Gasteiger partial charge in [-0.3, -0.25) is 9.59 Å². The molecule has 2 aromatic rings. The van der Waals surface area contributed by atoms with Crippen molar-refractivity contribution in [3.05, 3.63) is 46.2 Å². The summed E-state index contributed by atoms with van der Waals surface area (Å²) in [5.74, 6) is -2.27. The highest BCUT2D eigenvalue weighted by atomic mass is 35.5. The number of halogens is 3. The van der Waals surface area contributed by atoms with Gasteiger partial charge in [0.05, 0.1) is 10.6 Å². The first-order chi connectivity index (χ1) is 12.3. The van der Waals surface area contributed by atoms with E-state index in [9.17, 15) is 18.4 Å². The molecule has 0 saturated carbocycles. The molecule has 1 N–H and O–H groups in total. The fourth-order valence-electron chi connectivity index (χ4n) is 2.86. The summed E-state index contributed by atoms with van der Waals surface area (Å²) in [5.41, 5.74) is -0.0912. The number of hydrogen-bond acceptors (Lipinski definition) is 4. The van der Waals surface area contributed by atoms with Gasteiger partial charge in [-0.05, 0) is 31.9 Å². The maximum absolute atomic E-state index is 13.4. The summed E-state index contributed by atoms with van der Waals surface area (Å²) < 4.78 is 31.4. The molecule has 0 spiro atoms. The number of piperidine rings is 1. The van der Waals surface area contributed by atoms with Crippen LogP contribution in [0.15, 0.2) is 22.7 Å². The molecule has 9 heteroatoms. The van der Waals surface area contributed by atoms with Crippen molar-refractivity contribution < 1.29 is 22.9 Å². The largest absolute Gasteiger partial charge is 0.360 e. The topological polar surface area (TPSA) is 75.4 Å². The normalized spacial score (nSPS) is 15.2. The smallest absolute Gasteiger partial charge is 0.255 e. The Hall–Kier alpha value is -2.48. The number of aryl methyl sites for hydroxylation is 1. The lowest BCUT2D eigenvalue weighted by molar-refractivity contribution is -0.121. The molecule has 1 fully saturated rings. The second-order valence-corrected chi connectivity index (χ2v) is 6.53. The molecule has 0 unspecified atom stereocenters. The molecule has 6 nitrogen and oxygen atoms in total. The summed E-state index contributed by atoms with van der Waals surface area (Å²) in [7, 11) is 0. The Morgan fingerprint density at radius 2 is 1.88 bits per heavy atom. The van der Waals surface area contributed by atoms with Crippen molar-refractivity contribution in [1.82, 2.24) is 10.1 Å². The SMILES string of the molecule is Cc1cc(NC(=O)C2CCN(C(=O)c3cc(F)c(F)cc3Cl)CC2)no1. The number of aromatic nitrogens is 1. The van der Waals surface area contributed by atoms with Crippen LogP contribution in [0.3, 0.4) is 0 Å². The molecule has 138 valence electrons. The molecule has 3 rings (SSSR count). The first-order valence-electron chi connectivity index (χ1n) is 8.03. The van der Waals surface area contributed by atoms with Crippen LogP contribution in [0.2, 0.25) is 5.02 Å². The van der Waals surface area contributed by atoms with Crippen LogP contribution < -0.4 is 5.32 Å². The van der Waals surface area contributed by atoms with E-state index in [0.29, 0.717) is 37.5 Å². The van der Waals surface area contributed by atoms with E-state index in [-0.39, 0.29) is 22.4 Å². The first-order valence-corrected chi connectivity index (χ1v) is 8.41. The molecule has 1 aliphatic heterocycles. The van der Waals surface area contributed by atoms with Crippen molar-refractivity contribution >= 4 is 29.2 Å². The molecule has 0 bridgehead atoms. The van der Waals surface area contributed by atoms with E-state index in [0.717, 1.165) is 12.1 Å². The van der Waals surface area contributed by atoms with Gasteiger partial charge in [0, 0.05) is 25.1 Å². The van der Waals surface area contributed by atoms with Crippen LogP contribution in [0, 0.1) is 24.5 Å². The Kier molecular flexibility index (Phi) is 5.22. The standard InChI is InChI=1S/C17H16ClF2N3O3/c1-9-6-15(22-26-9)21-16(24)10-2-4-23(5-3-10)17(25)11-7-13(19)14(20)8-12(11)18/h6-8,10H,2-5H2,1H3,(H,21,22,24). The van der Waals surface area contributed by atoms with Gasteiger partial charge < -0.3 is 14.7 Å². The van der Waals surface area contributed by atoms with E-state index in [2.05, 4.69) is 10.5 Å². The summed E-state index contributed by atoms with van der Waals surface area (Å²) in [4.78, 5) is 26.2. The average Bonchev–Trinajstić information content (AvgIpc) is 3.02. The third kappa shape index (κ3) is 3.85. The number of likely N-dealkylation sites (tertiary alicyclic amines) is 1. The molecule has 0 atom stereocenters. The van der Waals surface area contributed by atoms with Crippen molar-refractivity contribution in [2.75, 3.05) is 18.4 Å². The van der Waals surface area contributed by atoms with Crippen molar-refractivity contribution in [1.29, 1.82) is 0 Å². The molecule has 1 saturated heterocycles. The van der Waals surface area contributed by atoms with Crippen LogP contribution in [-0.4, -0.2) is 35.0 Å². The Morgan fingerprint density at radius 3 is 2.50 bits per heavy atom. The Bertz CT molecular complexity index is 848. The summed E-state index contributed by atoms with van der Waals surface area (Å²) in [6, 6.07) is 3.19. The second kappa shape index (κ2) is 7.41. The molecule has 2 heterocycles. The van der Waals surface area contributed by atoms with Crippen LogP contribution >= 0.6 is 11.6 Å². The number of anilines is 1. The van der Waals surface area contributed by atoms with Gasteiger partial charge in [-0.2, -0.15) is 0 Å². The quantitative estimate of drug-likeness (QED) is 0.824. The van der Waals surface area contributed by atoms with Gasteiger partial charge >= 0.3 is 0 Å². The molecule has 26 heavy (non-hydrogen) atoms. The number of amides is 2. The molecule has 1 aliphatic rings. The van der Waals surface area contributed by atoms with E-state index < -0.39 is 17.5 Å². The number of hydrogen-bond donors (Lipinski definition) is 1. The van der Waals surface area contributed by atoms with E-state index >= 15 is 0 Å². The summed E-state index contributed by atoms with van der Waals surface area (Å²) in [5, 5.41) is 6.23. The zero-order valence-electron chi connectivity index (χ0n) is 13.9. The van der Waals surface area contributed by atoms with Gasteiger partial charge in [0.1, 0.15) is 5.76 Å². The van der Waals surface area contributed by atoms with Crippen LogP contribution in [0.4, 0.5) is 14.6 Å². The molecule has 0 aliphatic carbocycles. The average molecular weight is 384 g/mol. The molecule has 2 amide bonds. The van der Waals surface area contributed by atoms with Crippen molar-refractivity contribution in [3.63, 3.8) is 0 Å². The minimum Gasteiger partial charge on any atom is -0.360 e. The van der Waals surface area contributed by atoms with Gasteiger partial charge in [0.15, 0.2) is 17.5 Å². The lowest BCUT2D eigenvalue weighted by Gasteiger charge is -2.31. The number of nitrogens with zero attached hydrogens (tertiary/aromatic N) is 2. The first kappa shape index (κ1) is 18.3. The predicted molar refractivity (Wildman–Crippen MR) is 89.9 cm³/mol. The highest BCUT2D eigenvalue weighted by Gasteiger charge is 2.29. The fraction of sp³-hybridized carbons (Fsp3) is 0.353. The van der Waals surface area contributed by atoms with E-state index in [1.807, 2.05) is 0 Å². The van der Waals surface area contributed by atoms with Crippen LogP contribution in [-0.2, 0) is 4.79 Å². The predicted octanol–water partition coefficient (Wildman–Crippen LogP) is 3.41. The molecular weight excluding hydrogens is 368 g/mol. The highest BCUT2D eigenvalue weighted by Crippen LogP contribution is 2.25. The van der Waals surface area contributed by atoms with E-state index in [1.165, 1.54) is 4.90 Å². The lowest BCUT2D eigenvalue weighted by Crippen LogP contribution is -2.41. The van der Waals surface area contributed by atoms with E-state index in [4.69, 9.17) is 16.1 Å². The van der Waals surface area contributed by atoms with Crippen molar-refractivity contribution in [2.45, 2.75) is 19.8 Å². The van der Waals surface area contributed by atoms with Gasteiger partial charge in [-0.25, -0.2) is 8.78 Å². The maximum atomic E-state index is 13.4. The fourth-order valence-corrected chi connectivity index (χ4v) is 3.09. The van der Waals surface area contributed by atoms with Gasteiger partial charge in [0.2, 0.25) is 5.91 Å². The van der Waals surface area contributed by atoms with Crippen LogP contribution in [0.25, 0.3) is 0 Å².